The Hall–Kier alpha value is -1.23. The Labute approximate surface area is 143 Å². The fraction of sp³-hybridized carbons (Fsp3) is 0.294. The number of benzene rings is 2. The van der Waals surface area contributed by atoms with Crippen LogP contribution in [-0.2, 0) is 6.54 Å². The summed E-state index contributed by atoms with van der Waals surface area (Å²) in [5.74, 6) is -1.69. The van der Waals surface area contributed by atoms with Crippen LogP contribution in [0.25, 0.3) is 0 Å². The lowest BCUT2D eigenvalue weighted by Crippen LogP contribution is -2.29. The van der Waals surface area contributed by atoms with Gasteiger partial charge in [0.15, 0.2) is 11.6 Å². The molecule has 0 fully saturated rings. The van der Waals surface area contributed by atoms with Gasteiger partial charge in [-0.25, -0.2) is 13.2 Å². The van der Waals surface area contributed by atoms with Crippen LogP contribution < -0.4 is 0 Å². The summed E-state index contributed by atoms with van der Waals surface area (Å²) in [6, 6.07) is 9.75. The van der Waals surface area contributed by atoms with E-state index in [2.05, 4.69) is 0 Å². The maximum Gasteiger partial charge on any atom is 0.159 e. The van der Waals surface area contributed by atoms with Gasteiger partial charge in [0.05, 0.1) is 5.38 Å². The number of nitrogens with zero attached hydrogens (tertiary/aromatic N) is 1. The van der Waals surface area contributed by atoms with Gasteiger partial charge in [-0.15, -0.1) is 23.2 Å². The van der Waals surface area contributed by atoms with Crippen molar-refractivity contribution in [3.8, 4) is 0 Å². The molecule has 2 rings (SSSR count). The average molecular weight is 362 g/mol. The van der Waals surface area contributed by atoms with E-state index in [9.17, 15) is 13.2 Å². The molecular weight excluding hydrogens is 346 g/mol. The Morgan fingerprint density at radius 1 is 0.957 bits per heavy atom. The first-order valence-electron chi connectivity index (χ1n) is 7.11. The summed E-state index contributed by atoms with van der Waals surface area (Å²) in [7, 11) is 0. The van der Waals surface area contributed by atoms with Gasteiger partial charge in [0.1, 0.15) is 5.82 Å². The van der Waals surface area contributed by atoms with Crippen LogP contribution in [0.5, 0.6) is 0 Å². The number of hydrogen-bond donors (Lipinski definition) is 0. The quantitative estimate of drug-likeness (QED) is 0.618. The summed E-state index contributed by atoms with van der Waals surface area (Å²) in [5.41, 5.74) is 1.43. The summed E-state index contributed by atoms with van der Waals surface area (Å²) >= 11 is 12.2. The summed E-state index contributed by atoms with van der Waals surface area (Å²) in [5, 5.41) is -0.357. The van der Waals surface area contributed by atoms with Crippen molar-refractivity contribution in [2.24, 2.45) is 0 Å². The Balaban J connectivity index is 2.05. The van der Waals surface area contributed by atoms with Crippen molar-refractivity contribution < 1.29 is 13.2 Å². The molecule has 0 heterocycles. The van der Waals surface area contributed by atoms with Crippen LogP contribution in [0.15, 0.2) is 42.5 Å². The van der Waals surface area contributed by atoms with Crippen LogP contribution in [-0.4, -0.2) is 23.9 Å². The first-order chi connectivity index (χ1) is 11.0. The van der Waals surface area contributed by atoms with Crippen LogP contribution in [0.1, 0.15) is 16.5 Å². The van der Waals surface area contributed by atoms with Crippen molar-refractivity contribution in [1.29, 1.82) is 0 Å². The smallest absolute Gasteiger partial charge is 0.159 e. The van der Waals surface area contributed by atoms with E-state index in [0.717, 1.165) is 17.7 Å². The minimum absolute atomic E-state index is 0.322. The van der Waals surface area contributed by atoms with E-state index in [-0.39, 0.29) is 11.2 Å². The Morgan fingerprint density at radius 3 is 2.26 bits per heavy atom. The molecule has 124 valence electrons. The first-order valence-corrected chi connectivity index (χ1v) is 8.08. The molecule has 2 aromatic rings. The molecule has 0 amide bonds. The van der Waals surface area contributed by atoms with Crippen molar-refractivity contribution in [1.82, 2.24) is 4.90 Å². The van der Waals surface area contributed by atoms with Crippen molar-refractivity contribution in [2.75, 3.05) is 19.0 Å². The highest BCUT2D eigenvalue weighted by molar-refractivity contribution is 6.21. The number of hydrogen-bond acceptors (Lipinski definition) is 1. The van der Waals surface area contributed by atoms with E-state index >= 15 is 0 Å². The van der Waals surface area contributed by atoms with Gasteiger partial charge in [0.2, 0.25) is 0 Å². The van der Waals surface area contributed by atoms with Gasteiger partial charge in [-0.3, -0.25) is 4.90 Å². The number of rotatable bonds is 7. The monoisotopic (exact) mass is 361 g/mol. The van der Waals surface area contributed by atoms with Gasteiger partial charge in [0, 0.05) is 25.5 Å². The van der Waals surface area contributed by atoms with Crippen LogP contribution in [0, 0.1) is 17.5 Å². The van der Waals surface area contributed by atoms with Crippen molar-refractivity contribution in [2.45, 2.75) is 11.9 Å². The summed E-state index contributed by atoms with van der Waals surface area (Å²) in [6.45, 7) is 1.40. The average Bonchev–Trinajstić information content (AvgIpc) is 2.52. The summed E-state index contributed by atoms with van der Waals surface area (Å²) < 4.78 is 39.2. The summed E-state index contributed by atoms with van der Waals surface area (Å²) in [6.07, 6.45) is 0. The van der Waals surface area contributed by atoms with Gasteiger partial charge < -0.3 is 0 Å². The standard InChI is InChI=1S/C17H16Cl2F3N/c18-7-8-23(10-12-1-6-16(21)17(22)9-12)11-15(19)13-2-4-14(20)5-3-13/h1-6,9,15H,7-8,10-11H2. The highest BCUT2D eigenvalue weighted by Crippen LogP contribution is 2.23. The first kappa shape index (κ1) is 18.1. The van der Waals surface area contributed by atoms with Crippen LogP contribution >= 0.6 is 23.2 Å². The lowest BCUT2D eigenvalue weighted by atomic mass is 10.1. The molecule has 0 aliphatic heterocycles. The van der Waals surface area contributed by atoms with Gasteiger partial charge in [-0.05, 0) is 35.4 Å². The third-order valence-electron chi connectivity index (χ3n) is 3.44. The molecule has 0 saturated heterocycles. The second kappa shape index (κ2) is 8.57. The molecule has 0 aromatic heterocycles. The zero-order chi connectivity index (χ0) is 16.8. The molecule has 1 nitrogen and oxygen atoms in total. The van der Waals surface area contributed by atoms with E-state index in [1.807, 2.05) is 4.90 Å². The van der Waals surface area contributed by atoms with Crippen molar-refractivity contribution >= 4 is 23.2 Å². The van der Waals surface area contributed by atoms with Gasteiger partial charge in [-0.1, -0.05) is 18.2 Å². The van der Waals surface area contributed by atoms with Gasteiger partial charge in [-0.2, -0.15) is 0 Å². The topological polar surface area (TPSA) is 3.24 Å². The normalized spacial score (nSPS) is 12.6. The Morgan fingerprint density at radius 2 is 1.65 bits per heavy atom. The maximum atomic E-state index is 13.3. The van der Waals surface area contributed by atoms with Crippen molar-refractivity contribution in [3.63, 3.8) is 0 Å². The largest absolute Gasteiger partial charge is 0.296 e. The minimum Gasteiger partial charge on any atom is -0.296 e. The van der Waals surface area contributed by atoms with E-state index in [1.165, 1.54) is 18.2 Å². The molecular formula is C17H16Cl2F3N. The summed E-state index contributed by atoms with van der Waals surface area (Å²) in [4.78, 5) is 1.95. The minimum atomic E-state index is -0.880. The lowest BCUT2D eigenvalue weighted by Gasteiger charge is -2.24. The zero-order valence-corrected chi connectivity index (χ0v) is 13.8. The second-order valence-electron chi connectivity index (χ2n) is 5.19. The molecule has 2 aromatic carbocycles. The molecule has 1 unspecified atom stereocenters. The second-order valence-corrected chi connectivity index (χ2v) is 6.10. The van der Waals surface area contributed by atoms with Crippen molar-refractivity contribution in [3.05, 3.63) is 71.0 Å². The molecule has 23 heavy (non-hydrogen) atoms. The zero-order valence-electron chi connectivity index (χ0n) is 12.3. The Bertz CT molecular complexity index is 634. The molecule has 1 atom stereocenters. The molecule has 0 spiro atoms. The molecule has 0 aliphatic rings. The molecule has 0 saturated carbocycles. The van der Waals surface area contributed by atoms with E-state index < -0.39 is 11.6 Å². The molecule has 0 bridgehead atoms. The third kappa shape index (κ3) is 5.41. The molecule has 0 radical (unpaired) electrons. The third-order valence-corrected chi connectivity index (χ3v) is 4.00. The molecule has 6 heteroatoms. The molecule has 0 aliphatic carbocycles. The SMILES string of the molecule is Fc1ccc(C(Cl)CN(CCCl)Cc2ccc(F)c(F)c2)cc1. The fourth-order valence-electron chi connectivity index (χ4n) is 2.25. The highest BCUT2D eigenvalue weighted by Gasteiger charge is 2.15. The van der Waals surface area contributed by atoms with Crippen LogP contribution in [0.4, 0.5) is 13.2 Å². The Kier molecular flexibility index (Phi) is 6.75. The highest BCUT2D eigenvalue weighted by atomic mass is 35.5. The maximum absolute atomic E-state index is 13.3. The predicted octanol–water partition coefficient (Wildman–Crippen LogP) is 5.12. The van der Waals surface area contributed by atoms with Gasteiger partial charge >= 0.3 is 0 Å². The number of halogens is 5. The van der Waals surface area contributed by atoms with Crippen LogP contribution in [0.3, 0.4) is 0 Å². The van der Waals surface area contributed by atoms with E-state index in [4.69, 9.17) is 23.2 Å². The molecule has 0 N–H and O–H groups in total. The van der Waals surface area contributed by atoms with E-state index in [1.54, 1.807) is 12.1 Å². The fourth-order valence-corrected chi connectivity index (χ4v) is 2.83. The number of alkyl halides is 2. The van der Waals surface area contributed by atoms with Crippen LogP contribution in [0.2, 0.25) is 0 Å². The van der Waals surface area contributed by atoms with E-state index in [0.29, 0.717) is 31.1 Å². The predicted molar refractivity (Wildman–Crippen MR) is 87.3 cm³/mol. The van der Waals surface area contributed by atoms with Gasteiger partial charge in [0.25, 0.3) is 0 Å². The lowest BCUT2D eigenvalue weighted by molar-refractivity contribution is 0.281.